The zero-order valence-corrected chi connectivity index (χ0v) is 10.6. The Hall–Kier alpha value is -2.11. The average molecular weight is 250 g/mol. The summed E-state index contributed by atoms with van der Waals surface area (Å²) in [6, 6.07) is 2.82. The lowest BCUT2D eigenvalue weighted by Gasteiger charge is -2.13. The van der Waals surface area contributed by atoms with E-state index in [1.165, 1.54) is 6.20 Å². The van der Waals surface area contributed by atoms with Gasteiger partial charge in [-0.25, -0.2) is 0 Å². The predicted molar refractivity (Wildman–Crippen MR) is 68.6 cm³/mol. The number of rotatable bonds is 5. The van der Waals surface area contributed by atoms with Crippen molar-refractivity contribution in [1.82, 2.24) is 15.6 Å². The number of nitrogens with two attached hydrogens (primary N) is 1. The van der Waals surface area contributed by atoms with Crippen LogP contribution in [0.3, 0.4) is 0 Å². The molecular weight excluding hydrogens is 232 g/mol. The fourth-order valence-corrected chi connectivity index (χ4v) is 1.39. The number of likely N-dealkylation sites (N-methyl/N-ethyl adjacent to an activating group) is 1. The maximum Gasteiger partial charge on any atom is 0.242 e. The first kappa shape index (κ1) is 14.0. The largest absolute Gasteiger partial charge is 0.397 e. The normalized spacial score (nSPS) is 11.7. The van der Waals surface area contributed by atoms with Crippen LogP contribution in [-0.4, -0.2) is 29.4 Å². The monoisotopic (exact) mass is 250 g/mol. The van der Waals surface area contributed by atoms with E-state index in [2.05, 4.69) is 15.6 Å². The number of carbonyl (C=O) groups is 2. The van der Waals surface area contributed by atoms with Crippen LogP contribution in [0.2, 0.25) is 0 Å². The highest BCUT2D eigenvalue weighted by molar-refractivity contribution is 5.87. The number of pyridine rings is 1. The number of anilines is 1. The minimum atomic E-state index is -0.550. The topological polar surface area (TPSA) is 97.1 Å². The molecule has 1 heterocycles. The number of carbonyl (C=O) groups excluding carboxylic acids is 2. The summed E-state index contributed by atoms with van der Waals surface area (Å²) in [4.78, 5) is 27.1. The van der Waals surface area contributed by atoms with Crippen LogP contribution in [0.5, 0.6) is 0 Å². The van der Waals surface area contributed by atoms with Crippen molar-refractivity contribution in [3.05, 3.63) is 24.0 Å². The van der Waals surface area contributed by atoms with E-state index in [0.29, 0.717) is 17.9 Å². The van der Waals surface area contributed by atoms with Gasteiger partial charge in [0.25, 0.3) is 0 Å². The van der Waals surface area contributed by atoms with E-state index in [0.717, 1.165) is 0 Å². The van der Waals surface area contributed by atoms with Crippen molar-refractivity contribution < 1.29 is 9.59 Å². The Morgan fingerprint density at radius 1 is 1.44 bits per heavy atom. The maximum absolute atomic E-state index is 11.7. The Kier molecular flexibility index (Phi) is 5.10. The van der Waals surface area contributed by atoms with E-state index >= 15 is 0 Å². The summed E-state index contributed by atoms with van der Waals surface area (Å²) in [5.74, 6) is -0.442. The van der Waals surface area contributed by atoms with E-state index in [4.69, 9.17) is 5.73 Å². The van der Waals surface area contributed by atoms with Gasteiger partial charge in [-0.05, 0) is 26.0 Å². The molecule has 0 bridgehead atoms. The van der Waals surface area contributed by atoms with Crippen LogP contribution in [0.1, 0.15) is 19.5 Å². The molecule has 0 saturated carbocycles. The van der Waals surface area contributed by atoms with Gasteiger partial charge in [0, 0.05) is 12.2 Å². The molecule has 1 atom stereocenters. The summed E-state index contributed by atoms with van der Waals surface area (Å²) >= 11 is 0. The summed E-state index contributed by atoms with van der Waals surface area (Å²) in [5, 5.41) is 5.24. The molecule has 1 unspecified atom stereocenters. The summed E-state index contributed by atoms with van der Waals surface area (Å²) in [7, 11) is 0. The predicted octanol–water partition coefficient (Wildman–Crippen LogP) is -0.153. The van der Waals surface area contributed by atoms with Crippen LogP contribution in [-0.2, 0) is 16.0 Å². The van der Waals surface area contributed by atoms with E-state index in [9.17, 15) is 9.59 Å². The molecular formula is C12H18N4O2. The summed E-state index contributed by atoms with van der Waals surface area (Å²) in [5.41, 5.74) is 6.66. The third kappa shape index (κ3) is 4.40. The van der Waals surface area contributed by atoms with Gasteiger partial charge in [-0.15, -0.1) is 0 Å². The van der Waals surface area contributed by atoms with Gasteiger partial charge in [-0.1, -0.05) is 0 Å². The lowest BCUT2D eigenvalue weighted by atomic mass is 10.2. The van der Waals surface area contributed by atoms with Gasteiger partial charge >= 0.3 is 0 Å². The van der Waals surface area contributed by atoms with Crippen LogP contribution >= 0.6 is 0 Å². The van der Waals surface area contributed by atoms with Crippen molar-refractivity contribution in [2.75, 3.05) is 12.3 Å². The highest BCUT2D eigenvalue weighted by Gasteiger charge is 2.14. The second-order valence-corrected chi connectivity index (χ2v) is 3.94. The van der Waals surface area contributed by atoms with Gasteiger partial charge in [0.05, 0.1) is 18.3 Å². The Balaban J connectivity index is 2.46. The van der Waals surface area contributed by atoms with Crippen molar-refractivity contribution in [3.8, 4) is 0 Å². The summed E-state index contributed by atoms with van der Waals surface area (Å²) in [6.07, 6.45) is 1.62. The van der Waals surface area contributed by atoms with Crippen LogP contribution in [0.15, 0.2) is 18.3 Å². The van der Waals surface area contributed by atoms with Crippen LogP contribution < -0.4 is 16.4 Å². The zero-order valence-electron chi connectivity index (χ0n) is 10.6. The highest BCUT2D eigenvalue weighted by atomic mass is 16.2. The first-order valence-electron chi connectivity index (χ1n) is 5.80. The minimum Gasteiger partial charge on any atom is -0.397 e. The molecule has 6 heteroatoms. The zero-order chi connectivity index (χ0) is 13.5. The number of hydrogen-bond donors (Lipinski definition) is 3. The van der Waals surface area contributed by atoms with Crippen molar-refractivity contribution >= 4 is 17.5 Å². The third-order valence-corrected chi connectivity index (χ3v) is 2.31. The third-order valence-electron chi connectivity index (χ3n) is 2.31. The standard InChI is InChI=1S/C12H18N4O2/c1-3-14-12(18)8(2)16-11(17)6-10-5-4-9(13)7-15-10/h4-5,7-8H,3,6,13H2,1-2H3,(H,14,18)(H,16,17). The number of amides is 2. The van der Waals surface area contributed by atoms with Gasteiger partial charge < -0.3 is 16.4 Å². The fraction of sp³-hybridized carbons (Fsp3) is 0.417. The molecule has 0 aliphatic heterocycles. The molecule has 0 fully saturated rings. The van der Waals surface area contributed by atoms with Crippen molar-refractivity contribution in [1.29, 1.82) is 0 Å². The Morgan fingerprint density at radius 2 is 2.17 bits per heavy atom. The van der Waals surface area contributed by atoms with Gasteiger partial charge in [0.2, 0.25) is 11.8 Å². The number of aromatic nitrogens is 1. The molecule has 98 valence electrons. The molecule has 0 aliphatic rings. The first-order valence-corrected chi connectivity index (χ1v) is 5.80. The molecule has 1 rings (SSSR count). The number of nitrogens with zero attached hydrogens (tertiary/aromatic N) is 1. The van der Waals surface area contributed by atoms with Crippen LogP contribution in [0.4, 0.5) is 5.69 Å². The second-order valence-electron chi connectivity index (χ2n) is 3.94. The van der Waals surface area contributed by atoms with Gasteiger partial charge in [0.1, 0.15) is 6.04 Å². The molecule has 0 aliphatic carbocycles. The van der Waals surface area contributed by atoms with E-state index in [-0.39, 0.29) is 18.2 Å². The average Bonchev–Trinajstić information content (AvgIpc) is 2.32. The van der Waals surface area contributed by atoms with Gasteiger partial charge in [-0.3, -0.25) is 14.6 Å². The fourth-order valence-electron chi connectivity index (χ4n) is 1.39. The molecule has 18 heavy (non-hydrogen) atoms. The molecule has 0 saturated heterocycles. The molecule has 6 nitrogen and oxygen atoms in total. The summed E-state index contributed by atoms with van der Waals surface area (Å²) < 4.78 is 0. The quantitative estimate of drug-likeness (QED) is 0.677. The number of hydrogen-bond acceptors (Lipinski definition) is 4. The van der Waals surface area contributed by atoms with Gasteiger partial charge in [-0.2, -0.15) is 0 Å². The second kappa shape index (κ2) is 6.58. The van der Waals surface area contributed by atoms with Crippen LogP contribution in [0.25, 0.3) is 0 Å². The Bertz CT molecular complexity index is 417. The van der Waals surface area contributed by atoms with E-state index in [1.54, 1.807) is 19.1 Å². The van der Waals surface area contributed by atoms with Crippen LogP contribution in [0, 0.1) is 0 Å². The highest BCUT2D eigenvalue weighted by Crippen LogP contribution is 2.01. The smallest absolute Gasteiger partial charge is 0.242 e. The number of nitrogens with one attached hydrogen (secondary N) is 2. The SMILES string of the molecule is CCNC(=O)C(C)NC(=O)Cc1ccc(N)cn1. The Morgan fingerprint density at radius 3 is 2.72 bits per heavy atom. The number of nitrogen functional groups attached to an aromatic ring is 1. The van der Waals surface area contributed by atoms with Crippen molar-refractivity contribution in [3.63, 3.8) is 0 Å². The lowest BCUT2D eigenvalue weighted by molar-refractivity contribution is -0.128. The first-order chi connectivity index (χ1) is 8.52. The van der Waals surface area contributed by atoms with Crippen molar-refractivity contribution in [2.45, 2.75) is 26.3 Å². The molecule has 4 N–H and O–H groups in total. The molecule has 2 amide bonds. The molecule has 0 aromatic carbocycles. The molecule has 0 spiro atoms. The summed E-state index contributed by atoms with van der Waals surface area (Å²) in [6.45, 7) is 4.00. The minimum absolute atomic E-state index is 0.129. The van der Waals surface area contributed by atoms with E-state index in [1.807, 2.05) is 6.92 Å². The molecule has 1 aromatic rings. The maximum atomic E-state index is 11.7. The molecule has 0 radical (unpaired) electrons. The van der Waals surface area contributed by atoms with E-state index < -0.39 is 6.04 Å². The molecule has 1 aromatic heterocycles. The van der Waals surface area contributed by atoms with Gasteiger partial charge in [0.15, 0.2) is 0 Å². The lowest BCUT2D eigenvalue weighted by Crippen LogP contribution is -2.45. The van der Waals surface area contributed by atoms with Crippen molar-refractivity contribution in [2.24, 2.45) is 0 Å². The Labute approximate surface area is 106 Å².